The molecule has 0 aliphatic rings. The molecule has 1 unspecified atom stereocenters. The van der Waals surface area contributed by atoms with Gasteiger partial charge in [0.1, 0.15) is 6.10 Å². The first kappa shape index (κ1) is 43.4. The summed E-state index contributed by atoms with van der Waals surface area (Å²) in [5, 5.41) is 9.56. The lowest BCUT2D eigenvalue weighted by molar-refractivity contribution is -0.154. The maximum atomic E-state index is 12.1. The summed E-state index contributed by atoms with van der Waals surface area (Å²) in [6.45, 7) is 5.23. The van der Waals surface area contributed by atoms with Gasteiger partial charge in [-0.05, 0) is 70.6 Å². The Labute approximate surface area is 280 Å². The molecule has 45 heavy (non-hydrogen) atoms. The van der Waals surface area contributed by atoms with Gasteiger partial charge >= 0.3 is 5.97 Å². The van der Waals surface area contributed by atoms with Gasteiger partial charge in [0, 0.05) is 13.0 Å². The second-order valence-electron chi connectivity index (χ2n) is 12.6. The molecule has 0 fully saturated rings. The van der Waals surface area contributed by atoms with Gasteiger partial charge in [-0.3, -0.25) is 4.79 Å². The van der Waals surface area contributed by atoms with E-state index in [0.29, 0.717) is 13.0 Å². The molecule has 4 heteroatoms. The average molecular weight is 631 g/mol. The zero-order valence-corrected chi connectivity index (χ0v) is 29.9. The van der Waals surface area contributed by atoms with Crippen LogP contribution in [0.3, 0.4) is 0 Å². The quantitative estimate of drug-likeness (QED) is 0.0430. The van der Waals surface area contributed by atoms with Gasteiger partial charge in [0.05, 0.1) is 13.2 Å². The van der Waals surface area contributed by atoms with E-state index in [9.17, 15) is 9.90 Å². The van der Waals surface area contributed by atoms with Crippen molar-refractivity contribution in [2.45, 2.75) is 187 Å². The van der Waals surface area contributed by atoms with Gasteiger partial charge in [-0.15, -0.1) is 0 Å². The molecule has 0 amide bonds. The summed E-state index contributed by atoms with van der Waals surface area (Å²) in [5.74, 6) is -0.218. The third-order valence-corrected chi connectivity index (χ3v) is 8.11. The van der Waals surface area contributed by atoms with Crippen LogP contribution in [0.1, 0.15) is 181 Å². The number of hydrogen-bond acceptors (Lipinski definition) is 4. The molecule has 0 radical (unpaired) electrons. The van der Waals surface area contributed by atoms with Crippen LogP contribution in [0, 0.1) is 0 Å². The smallest absolute Gasteiger partial charge is 0.306 e. The minimum absolute atomic E-state index is 0.179. The monoisotopic (exact) mass is 631 g/mol. The lowest BCUT2D eigenvalue weighted by Crippen LogP contribution is -2.27. The van der Waals surface area contributed by atoms with Crippen LogP contribution in [0.4, 0.5) is 0 Å². The number of rotatable bonds is 35. The van der Waals surface area contributed by atoms with Crippen molar-refractivity contribution < 1.29 is 19.4 Å². The summed E-state index contributed by atoms with van der Waals surface area (Å²) in [7, 11) is 0. The van der Waals surface area contributed by atoms with Gasteiger partial charge in [-0.25, -0.2) is 0 Å². The third-order valence-electron chi connectivity index (χ3n) is 8.11. The van der Waals surface area contributed by atoms with Crippen LogP contribution in [0.5, 0.6) is 0 Å². The molecule has 0 saturated carbocycles. The molecule has 0 saturated heterocycles. The Morgan fingerprint density at radius 2 is 0.978 bits per heavy atom. The summed E-state index contributed by atoms with van der Waals surface area (Å²) in [4.78, 5) is 12.1. The fourth-order valence-electron chi connectivity index (χ4n) is 5.22. The zero-order valence-electron chi connectivity index (χ0n) is 29.9. The molecule has 262 valence electrons. The Bertz CT molecular complexity index is 708. The topological polar surface area (TPSA) is 55.8 Å². The van der Waals surface area contributed by atoms with E-state index in [1.165, 1.54) is 116 Å². The minimum Gasteiger partial charge on any atom is -0.457 e. The number of aliphatic hydroxyl groups excluding tert-OH is 1. The summed E-state index contributed by atoms with van der Waals surface area (Å²) >= 11 is 0. The molecule has 0 aromatic rings. The number of ether oxygens (including phenoxy) is 2. The fraction of sp³-hybridized carbons (Fsp3) is 0.780. The van der Waals surface area contributed by atoms with Crippen LogP contribution in [0.2, 0.25) is 0 Å². The number of carbonyl (C=O) groups is 1. The first-order valence-corrected chi connectivity index (χ1v) is 19.2. The van der Waals surface area contributed by atoms with Crippen molar-refractivity contribution in [3.05, 3.63) is 48.6 Å². The molecule has 4 nitrogen and oxygen atoms in total. The highest BCUT2D eigenvalue weighted by Gasteiger charge is 2.13. The Morgan fingerprint density at radius 1 is 0.533 bits per heavy atom. The molecule has 1 atom stereocenters. The molecular weight excluding hydrogens is 556 g/mol. The number of hydrogen-bond donors (Lipinski definition) is 1. The van der Waals surface area contributed by atoms with Crippen molar-refractivity contribution in [3.63, 3.8) is 0 Å². The molecular formula is C41H74O4. The van der Waals surface area contributed by atoms with Crippen molar-refractivity contribution in [2.24, 2.45) is 0 Å². The highest BCUT2D eigenvalue weighted by Crippen LogP contribution is 2.13. The van der Waals surface area contributed by atoms with Crippen molar-refractivity contribution in [2.75, 3.05) is 19.8 Å². The van der Waals surface area contributed by atoms with E-state index in [1.807, 2.05) is 0 Å². The zero-order chi connectivity index (χ0) is 32.7. The van der Waals surface area contributed by atoms with Crippen molar-refractivity contribution in [3.8, 4) is 0 Å². The van der Waals surface area contributed by atoms with Crippen LogP contribution in [-0.2, 0) is 14.3 Å². The molecule has 0 aliphatic carbocycles. The summed E-state index contributed by atoms with van der Waals surface area (Å²) < 4.78 is 11.1. The fourth-order valence-corrected chi connectivity index (χ4v) is 5.22. The van der Waals surface area contributed by atoms with E-state index in [-0.39, 0.29) is 19.2 Å². The van der Waals surface area contributed by atoms with Gasteiger partial charge in [-0.2, -0.15) is 0 Å². The average Bonchev–Trinajstić information content (AvgIpc) is 3.05. The van der Waals surface area contributed by atoms with Crippen molar-refractivity contribution >= 4 is 5.97 Å². The standard InChI is InChI=1S/C41H74O4/c1-3-5-7-9-11-13-15-17-18-19-20-21-22-23-25-27-29-31-33-35-37-44-39-40(38-42)45-41(43)36-34-32-30-28-26-24-16-14-12-10-8-6-4-2/h8,10-11,13-14,16-18,40,42H,3-7,9,12,15,19-39H2,1-2H3/b10-8-,13-11-,16-14-,18-17-. The SMILES string of the molecule is CCC/C=C\C/C=C\CCCCCCCC(=O)OC(CO)COCCCCCCCCCCCC/C=C\C/C=C\CCCCC. The van der Waals surface area contributed by atoms with Gasteiger partial charge < -0.3 is 14.6 Å². The molecule has 0 heterocycles. The third kappa shape index (κ3) is 36.7. The predicted molar refractivity (Wildman–Crippen MR) is 196 cm³/mol. The van der Waals surface area contributed by atoms with E-state index < -0.39 is 6.10 Å². The Hall–Kier alpha value is -1.65. The first-order chi connectivity index (χ1) is 22.2. The number of unbranched alkanes of at least 4 members (excludes halogenated alkanes) is 19. The second-order valence-corrected chi connectivity index (χ2v) is 12.6. The van der Waals surface area contributed by atoms with Gasteiger partial charge in [0.15, 0.2) is 0 Å². The summed E-state index contributed by atoms with van der Waals surface area (Å²) in [6.07, 6.45) is 48.7. The van der Waals surface area contributed by atoms with Crippen LogP contribution >= 0.6 is 0 Å². The van der Waals surface area contributed by atoms with Gasteiger partial charge in [0.2, 0.25) is 0 Å². The van der Waals surface area contributed by atoms with E-state index in [1.54, 1.807) is 0 Å². The van der Waals surface area contributed by atoms with Gasteiger partial charge in [0.25, 0.3) is 0 Å². The van der Waals surface area contributed by atoms with Crippen LogP contribution < -0.4 is 0 Å². The maximum Gasteiger partial charge on any atom is 0.306 e. The molecule has 0 aliphatic heterocycles. The lowest BCUT2D eigenvalue weighted by atomic mass is 10.1. The lowest BCUT2D eigenvalue weighted by Gasteiger charge is -2.15. The van der Waals surface area contributed by atoms with E-state index in [4.69, 9.17) is 9.47 Å². The first-order valence-electron chi connectivity index (χ1n) is 19.2. The second kappa shape index (κ2) is 38.5. The Morgan fingerprint density at radius 3 is 1.47 bits per heavy atom. The van der Waals surface area contributed by atoms with Gasteiger partial charge in [-0.1, -0.05) is 152 Å². The molecule has 1 N–H and O–H groups in total. The summed E-state index contributed by atoms with van der Waals surface area (Å²) in [6, 6.07) is 0. The number of allylic oxidation sites excluding steroid dienone is 8. The largest absolute Gasteiger partial charge is 0.457 e. The normalized spacial score (nSPS) is 12.9. The Balaban J connectivity index is 3.45. The van der Waals surface area contributed by atoms with Crippen LogP contribution in [-0.4, -0.2) is 37.0 Å². The molecule has 0 bridgehead atoms. The number of carbonyl (C=O) groups excluding carboxylic acids is 1. The molecule has 0 aromatic carbocycles. The molecule has 0 rings (SSSR count). The van der Waals surface area contributed by atoms with Crippen molar-refractivity contribution in [1.82, 2.24) is 0 Å². The van der Waals surface area contributed by atoms with Crippen LogP contribution in [0.25, 0.3) is 0 Å². The highest BCUT2D eigenvalue weighted by atomic mass is 16.6. The Kier molecular flexibility index (Phi) is 37.1. The number of aliphatic hydroxyl groups is 1. The summed E-state index contributed by atoms with van der Waals surface area (Å²) in [5.41, 5.74) is 0. The minimum atomic E-state index is -0.542. The molecule has 0 aromatic heterocycles. The van der Waals surface area contributed by atoms with E-state index >= 15 is 0 Å². The highest BCUT2D eigenvalue weighted by molar-refractivity contribution is 5.69. The number of esters is 1. The van der Waals surface area contributed by atoms with E-state index in [0.717, 1.165) is 44.9 Å². The van der Waals surface area contributed by atoms with Crippen molar-refractivity contribution in [1.29, 1.82) is 0 Å². The molecule has 0 spiro atoms. The predicted octanol–water partition coefficient (Wildman–Crippen LogP) is 12.3. The van der Waals surface area contributed by atoms with E-state index in [2.05, 4.69) is 62.5 Å². The maximum absolute atomic E-state index is 12.1. The van der Waals surface area contributed by atoms with Crippen LogP contribution in [0.15, 0.2) is 48.6 Å².